The van der Waals surface area contributed by atoms with E-state index in [2.05, 4.69) is 52.3 Å². The zero-order valence-electron chi connectivity index (χ0n) is 19.3. The molecule has 0 saturated carbocycles. The van der Waals surface area contributed by atoms with Crippen LogP contribution in [0.3, 0.4) is 0 Å². The summed E-state index contributed by atoms with van der Waals surface area (Å²) < 4.78 is 25.0. The summed E-state index contributed by atoms with van der Waals surface area (Å²) in [7, 11) is 0.144. The monoisotopic (exact) mass is 477 g/mol. The Balaban J connectivity index is 1.46. The molecule has 1 fully saturated rings. The number of sulfonamides is 1. The van der Waals surface area contributed by atoms with Gasteiger partial charge in [-0.1, -0.05) is 66.9 Å². The average Bonchev–Trinajstić information content (AvgIpc) is 2.79. The summed E-state index contributed by atoms with van der Waals surface area (Å²) in [6, 6.07) is 19.2. The number of rotatable bonds is 11. The maximum atomic E-state index is 11.8. The van der Waals surface area contributed by atoms with Gasteiger partial charge in [-0.25, -0.2) is 12.7 Å². The first-order valence-electron chi connectivity index (χ1n) is 11.5. The van der Waals surface area contributed by atoms with Crippen molar-refractivity contribution in [2.24, 2.45) is 0 Å². The molecular weight excluding hydrogens is 442 g/mol. The van der Waals surface area contributed by atoms with Crippen LogP contribution in [0.1, 0.15) is 42.9 Å². The Kier molecular flexibility index (Phi) is 9.56. The molecule has 0 radical (unpaired) electrons. The topological polar surface area (TPSA) is 43.9 Å². The van der Waals surface area contributed by atoms with E-state index >= 15 is 0 Å². The SMILES string of the molecule is CN(C)S(=O)(=O)CCCCCCN1CCN(C(c2ccccc2)c2ccc(Cl)cc2)CC1. The Bertz CT molecular complexity index is 912. The highest BCUT2D eigenvalue weighted by Crippen LogP contribution is 2.30. The molecule has 1 heterocycles. The van der Waals surface area contributed by atoms with E-state index in [-0.39, 0.29) is 11.8 Å². The molecule has 5 nitrogen and oxygen atoms in total. The van der Waals surface area contributed by atoms with Crippen LogP contribution in [0.2, 0.25) is 5.02 Å². The van der Waals surface area contributed by atoms with Crippen LogP contribution in [0.15, 0.2) is 54.6 Å². The Morgan fingerprint density at radius 1 is 0.844 bits per heavy atom. The normalized spacial score (nSPS) is 17.0. The number of benzene rings is 2. The highest BCUT2D eigenvalue weighted by atomic mass is 35.5. The van der Waals surface area contributed by atoms with Gasteiger partial charge in [0.1, 0.15) is 0 Å². The van der Waals surface area contributed by atoms with Crippen LogP contribution in [0, 0.1) is 0 Å². The fourth-order valence-electron chi connectivity index (χ4n) is 4.30. The molecule has 0 amide bonds. The molecule has 176 valence electrons. The fraction of sp³-hybridized carbons (Fsp3) is 0.520. The quantitative estimate of drug-likeness (QED) is 0.447. The summed E-state index contributed by atoms with van der Waals surface area (Å²) in [5.41, 5.74) is 2.60. The molecule has 7 heteroatoms. The summed E-state index contributed by atoms with van der Waals surface area (Å²) in [5.74, 6) is 0.254. The third kappa shape index (κ3) is 7.29. The minimum absolute atomic E-state index is 0.245. The molecule has 1 aliphatic heterocycles. The van der Waals surface area contributed by atoms with Gasteiger partial charge in [-0.3, -0.25) is 4.90 Å². The molecule has 1 atom stereocenters. The van der Waals surface area contributed by atoms with E-state index in [1.54, 1.807) is 14.1 Å². The van der Waals surface area contributed by atoms with E-state index in [0.717, 1.165) is 63.4 Å². The van der Waals surface area contributed by atoms with Gasteiger partial charge < -0.3 is 4.90 Å². The lowest BCUT2D eigenvalue weighted by molar-refractivity contribution is 0.108. The minimum Gasteiger partial charge on any atom is -0.301 e. The standard InChI is InChI=1S/C25H36ClN3O2S/c1-27(2)32(30,31)21-9-4-3-8-16-28-17-19-29(20-18-28)25(22-10-6-5-7-11-22)23-12-14-24(26)15-13-23/h5-7,10-15,25H,3-4,8-9,16-21H2,1-2H3. The van der Waals surface area contributed by atoms with Crippen molar-refractivity contribution >= 4 is 21.6 Å². The molecule has 3 rings (SSSR count). The van der Waals surface area contributed by atoms with Gasteiger partial charge in [-0.2, -0.15) is 0 Å². The molecule has 0 N–H and O–H groups in total. The van der Waals surface area contributed by atoms with E-state index in [1.165, 1.54) is 15.4 Å². The van der Waals surface area contributed by atoms with Gasteiger partial charge in [0.25, 0.3) is 0 Å². The van der Waals surface area contributed by atoms with E-state index in [1.807, 2.05) is 12.1 Å². The summed E-state index contributed by atoms with van der Waals surface area (Å²) in [6.45, 7) is 5.27. The molecule has 0 aliphatic carbocycles. The maximum absolute atomic E-state index is 11.8. The molecule has 32 heavy (non-hydrogen) atoms. The van der Waals surface area contributed by atoms with Gasteiger partial charge in [-0.05, 0) is 42.6 Å². The van der Waals surface area contributed by atoms with Gasteiger partial charge >= 0.3 is 0 Å². The van der Waals surface area contributed by atoms with Crippen LogP contribution in [0.25, 0.3) is 0 Å². The largest absolute Gasteiger partial charge is 0.301 e. The van der Waals surface area contributed by atoms with Crippen LogP contribution in [-0.2, 0) is 10.0 Å². The molecule has 1 saturated heterocycles. The molecule has 0 aromatic heterocycles. The second kappa shape index (κ2) is 12.1. The second-order valence-corrected chi connectivity index (χ2v) is 11.5. The van der Waals surface area contributed by atoms with E-state index in [0.29, 0.717) is 0 Å². The fourth-order valence-corrected chi connectivity index (χ4v) is 5.36. The molecule has 1 aliphatic rings. The maximum Gasteiger partial charge on any atom is 0.213 e. The van der Waals surface area contributed by atoms with Gasteiger partial charge in [0.2, 0.25) is 10.0 Å². The Morgan fingerprint density at radius 3 is 2.06 bits per heavy atom. The van der Waals surface area contributed by atoms with Crippen molar-refractivity contribution in [3.05, 3.63) is 70.7 Å². The highest BCUT2D eigenvalue weighted by molar-refractivity contribution is 7.89. The van der Waals surface area contributed by atoms with Gasteiger partial charge in [-0.15, -0.1) is 0 Å². The van der Waals surface area contributed by atoms with E-state index < -0.39 is 10.0 Å². The van der Waals surface area contributed by atoms with Crippen molar-refractivity contribution in [2.75, 3.05) is 52.6 Å². The molecule has 2 aromatic rings. The van der Waals surface area contributed by atoms with Crippen LogP contribution in [0.5, 0.6) is 0 Å². The Morgan fingerprint density at radius 2 is 1.44 bits per heavy atom. The summed E-state index contributed by atoms with van der Waals surface area (Å²) in [5, 5.41) is 0.768. The lowest BCUT2D eigenvalue weighted by Gasteiger charge is -2.40. The lowest BCUT2D eigenvalue weighted by Crippen LogP contribution is -2.48. The molecule has 0 spiro atoms. The molecule has 0 bridgehead atoms. The van der Waals surface area contributed by atoms with E-state index in [4.69, 9.17) is 11.6 Å². The first kappa shape index (κ1) is 25.2. The third-order valence-electron chi connectivity index (χ3n) is 6.26. The first-order chi connectivity index (χ1) is 15.4. The van der Waals surface area contributed by atoms with Crippen LogP contribution < -0.4 is 0 Å². The number of piperazine rings is 1. The Labute approximate surface area is 199 Å². The van der Waals surface area contributed by atoms with Crippen molar-refractivity contribution in [1.82, 2.24) is 14.1 Å². The number of halogens is 1. The van der Waals surface area contributed by atoms with Crippen molar-refractivity contribution in [3.8, 4) is 0 Å². The minimum atomic E-state index is -3.06. The summed E-state index contributed by atoms with van der Waals surface area (Å²) in [4.78, 5) is 5.11. The summed E-state index contributed by atoms with van der Waals surface area (Å²) in [6.07, 6.45) is 3.93. The zero-order valence-corrected chi connectivity index (χ0v) is 20.9. The van der Waals surface area contributed by atoms with E-state index in [9.17, 15) is 8.42 Å². The van der Waals surface area contributed by atoms with Crippen molar-refractivity contribution in [1.29, 1.82) is 0 Å². The lowest BCUT2D eigenvalue weighted by atomic mass is 9.96. The average molecular weight is 478 g/mol. The Hall–Kier alpha value is -1.44. The predicted octanol–water partition coefficient (Wildman–Crippen LogP) is 4.50. The highest BCUT2D eigenvalue weighted by Gasteiger charge is 2.26. The summed E-state index contributed by atoms with van der Waals surface area (Å²) >= 11 is 6.13. The van der Waals surface area contributed by atoms with Gasteiger partial charge in [0.05, 0.1) is 11.8 Å². The van der Waals surface area contributed by atoms with Crippen molar-refractivity contribution < 1.29 is 8.42 Å². The number of hydrogen-bond acceptors (Lipinski definition) is 4. The number of hydrogen-bond donors (Lipinski definition) is 0. The van der Waals surface area contributed by atoms with Crippen molar-refractivity contribution in [2.45, 2.75) is 31.7 Å². The zero-order chi connectivity index (χ0) is 23.0. The van der Waals surface area contributed by atoms with Crippen molar-refractivity contribution in [3.63, 3.8) is 0 Å². The smallest absolute Gasteiger partial charge is 0.213 e. The molecular formula is C25H36ClN3O2S. The van der Waals surface area contributed by atoms with Crippen LogP contribution >= 0.6 is 11.6 Å². The second-order valence-electron chi connectivity index (χ2n) is 8.75. The first-order valence-corrected chi connectivity index (χ1v) is 13.5. The third-order valence-corrected chi connectivity index (χ3v) is 8.43. The van der Waals surface area contributed by atoms with Gasteiger partial charge in [0, 0.05) is 45.3 Å². The molecule has 2 aromatic carbocycles. The molecule has 1 unspecified atom stereocenters. The number of unbranched alkanes of at least 4 members (excludes halogenated alkanes) is 3. The van der Waals surface area contributed by atoms with Crippen LogP contribution in [-0.4, -0.2) is 75.1 Å². The number of nitrogens with zero attached hydrogens (tertiary/aromatic N) is 3. The van der Waals surface area contributed by atoms with Gasteiger partial charge in [0.15, 0.2) is 0 Å². The van der Waals surface area contributed by atoms with Crippen LogP contribution in [0.4, 0.5) is 0 Å². The predicted molar refractivity (Wildman–Crippen MR) is 134 cm³/mol.